The van der Waals surface area contributed by atoms with E-state index >= 15 is 0 Å². The smallest absolute Gasteiger partial charge is 0.410 e. The van der Waals surface area contributed by atoms with Crippen LogP contribution in [0, 0.1) is 46.1 Å². The topological polar surface area (TPSA) is 109 Å². The number of piperidine rings is 1. The van der Waals surface area contributed by atoms with Gasteiger partial charge in [-0.1, -0.05) is 12.1 Å². The number of ether oxygens (including phenoxy) is 1. The number of rotatable bonds is 7. The van der Waals surface area contributed by atoms with E-state index in [1.54, 1.807) is 23.1 Å². The summed E-state index contributed by atoms with van der Waals surface area (Å²) in [7, 11) is 0. The Hall–Kier alpha value is -4.02. The highest BCUT2D eigenvalue weighted by atomic mass is 19.1. The Bertz CT molecular complexity index is 1340. The van der Waals surface area contributed by atoms with Gasteiger partial charge in [-0.05, 0) is 61.4 Å². The van der Waals surface area contributed by atoms with Crippen LogP contribution in [0.1, 0.15) is 60.8 Å². The third-order valence-corrected chi connectivity index (χ3v) is 8.71. The van der Waals surface area contributed by atoms with Crippen LogP contribution in [0.4, 0.5) is 13.6 Å². The average Bonchev–Trinajstić information content (AvgIpc) is 3.28. The molecule has 0 radical (unpaired) electrons. The van der Waals surface area contributed by atoms with Crippen molar-refractivity contribution in [3.8, 4) is 12.1 Å². The summed E-state index contributed by atoms with van der Waals surface area (Å²) in [5.74, 6) is -1.14. The highest BCUT2D eigenvalue weighted by Crippen LogP contribution is 2.36. The van der Waals surface area contributed by atoms with Crippen LogP contribution in [0.25, 0.3) is 0 Å². The zero-order chi connectivity index (χ0) is 29.0. The maximum atomic E-state index is 14.3. The van der Waals surface area contributed by atoms with Gasteiger partial charge in [0.05, 0.1) is 29.8 Å². The molecule has 1 N–H and O–H groups in total. The molecule has 3 fully saturated rings. The molecule has 2 aliphatic heterocycles. The number of nitrogens with one attached hydrogen (secondary N) is 1. The molecule has 8 nitrogen and oxygen atoms in total. The van der Waals surface area contributed by atoms with Gasteiger partial charge >= 0.3 is 6.09 Å². The second kappa shape index (κ2) is 12.2. The fourth-order valence-corrected chi connectivity index (χ4v) is 6.20. The minimum atomic E-state index is -0.723. The standard InChI is InChI=1S/C31H33F2N5O3/c32-27-13-24(16-35)14-28(33)26(27)19-37-11-9-31(10-12-37)20-38(30(40)41-31)18-23-5-7-25(8-6-23)29(39)36-17-22-3-1-21(15-34)2-4-22/h1-4,13-14,23,25H,5-12,17-20H2,(H,36,39). The lowest BCUT2D eigenvalue weighted by Crippen LogP contribution is -2.47. The van der Waals surface area contributed by atoms with E-state index in [1.165, 1.54) is 0 Å². The van der Waals surface area contributed by atoms with Gasteiger partial charge in [-0.15, -0.1) is 0 Å². The zero-order valence-corrected chi connectivity index (χ0v) is 22.9. The van der Waals surface area contributed by atoms with E-state index in [4.69, 9.17) is 15.3 Å². The van der Waals surface area contributed by atoms with Gasteiger partial charge in [-0.2, -0.15) is 10.5 Å². The summed E-state index contributed by atoms with van der Waals surface area (Å²) >= 11 is 0. The lowest BCUT2D eigenvalue weighted by atomic mass is 9.81. The van der Waals surface area contributed by atoms with E-state index in [9.17, 15) is 18.4 Å². The average molecular weight is 562 g/mol. The quantitative estimate of drug-likeness (QED) is 0.529. The Kier molecular flexibility index (Phi) is 8.51. The molecule has 0 bridgehead atoms. The fraction of sp³-hybridized carbons (Fsp3) is 0.484. The second-order valence-electron chi connectivity index (χ2n) is 11.5. The van der Waals surface area contributed by atoms with Crippen molar-refractivity contribution in [1.29, 1.82) is 10.5 Å². The molecule has 0 unspecified atom stereocenters. The summed E-state index contributed by atoms with van der Waals surface area (Å²) in [5, 5.41) is 20.8. The lowest BCUT2D eigenvalue weighted by Gasteiger charge is -2.37. The van der Waals surface area contributed by atoms with Crippen molar-refractivity contribution in [2.24, 2.45) is 11.8 Å². The van der Waals surface area contributed by atoms with Crippen molar-refractivity contribution in [3.63, 3.8) is 0 Å². The van der Waals surface area contributed by atoms with Crippen molar-refractivity contribution in [3.05, 3.63) is 70.3 Å². The van der Waals surface area contributed by atoms with Crippen LogP contribution >= 0.6 is 0 Å². The van der Waals surface area contributed by atoms with Crippen molar-refractivity contribution < 1.29 is 23.1 Å². The highest BCUT2D eigenvalue weighted by Gasteiger charge is 2.47. The second-order valence-corrected chi connectivity index (χ2v) is 11.5. The van der Waals surface area contributed by atoms with Gasteiger partial charge in [0.15, 0.2) is 0 Å². The third kappa shape index (κ3) is 6.66. The summed E-state index contributed by atoms with van der Waals surface area (Å²) in [4.78, 5) is 29.2. The Labute approximate surface area is 238 Å². The molecule has 1 aliphatic carbocycles. The molecule has 10 heteroatoms. The molecular weight excluding hydrogens is 528 g/mol. The molecule has 214 valence electrons. The maximum absolute atomic E-state index is 14.3. The first-order chi connectivity index (χ1) is 19.8. The fourth-order valence-electron chi connectivity index (χ4n) is 6.20. The van der Waals surface area contributed by atoms with E-state index in [2.05, 4.69) is 11.4 Å². The first-order valence-corrected chi connectivity index (χ1v) is 14.1. The van der Waals surface area contributed by atoms with Crippen LogP contribution in [-0.2, 0) is 22.6 Å². The predicted octanol–water partition coefficient (Wildman–Crippen LogP) is 4.62. The molecule has 3 aliphatic rings. The molecule has 2 heterocycles. The minimum Gasteiger partial charge on any atom is -0.441 e. The molecule has 2 saturated heterocycles. The van der Waals surface area contributed by atoms with Crippen LogP contribution < -0.4 is 5.32 Å². The molecule has 2 aromatic carbocycles. The summed E-state index contributed by atoms with van der Waals surface area (Å²) in [6.45, 7) is 2.73. The van der Waals surface area contributed by atoms with Gasteiger partial charge < -0.3 is 15.0 Å². The molecular formula is C31H33F2N5O3. The molecule has 5 rings (SSSR count). The number of benzene rings is 2. The lowest BCUT2D eigenvalue weighted by molar-refractivity contribution is -0.126. The minimum absolute atomic E-state index is 0.0415. The van der Waals surface area contributed by atoms with Crippen molar-refractivity contribution >= 4 is 12.0 Å². The van der Waals surface area contributed by atoms with Gasteiger partial charge in [0, 0.05) is 57.0 Å². The van der Waals surface area contributed by atoms with E-state index in [1.807, 2.05) is 17.0 Å². The largest absolute Gasteiger partial charge is 0.441 e. The Morgan fingerprint density at radius 2 is 1.63 bits per heavy atom. The Morgan fingerprint density at radius 1 is 1.00 bits per heavy atom. The zero-order valence-electron chi connectivity index (χ0n) is 22.9. The predicted molar refractivity (Wildman–Crippen MR) is 145 cm³/mol. The molecule has 2 aromatic rings. The van der Waals surface area contributed by atoms with Gasteiger partial charge in [-0.25, -0.2) is 13.6 Å². The van der Waals surface area contributed by atoms with E-state index in [-0.39, 0.29) is 35.6 Å². The van der Waals surface area contributed by atoms with Crippen molar-refractivity contribution in [2.75, 3.05) is 26.2 Å². The Morgan fingerprint density at radius 3 is 2.24 bits per heavy atom. The molecule has 0 aromatic heterocycles. The first-order valence-electron chi connectivity index (χ1n) is 14.1. The van der Waals surface area contributed by atoms with E-state index in [0.717, 1.165) is 43.4 Å². The molecule has 41 heavy (non-hydrogen) atoms. The number of hydrogen-bond acceptors (Lipinski definition) is 6. The number of nitrogens with zero attached hydrogens (tertiary/aromatic N) is 4. The van der Waals surface area contributed by atoms with Crippen LogP contribution in [0.5, 0.6) is 0 Å². The van der Waals surface area contributed by atoms with Crippen molar-refractivity contribution in [2.45, 2.75) is 57.2 Å². The van der Waals surface area contributed by atoms with Gasteiger partial charge in [-0.3, -0.25) is 9.69 Å². The highest BCUT2D eigenvalue weighted by molar-refractivity contribution is 5.78. The molecule has 2 amide bonds. The number of halogens is 2. The summed E-state index contributed by atoms with van der Waals surface area (Å²) in [6.07, 6.45) is 4.12. The summed E-state index contributed by atoms with van der Waals surface area (Å²) in [5.41, 5.74) is 0.855. The molecule has 0 atom stereocenters. The van der Waals surface area contributed by atoms with Crippen LogP contribution in [0.15, 0.2) is 36.4 Å². The van der Waals surface area contributed by atoms with Gasteiger partial charge in [0.25, 0.3) is 0 Å². The number of nitriles is 2. The van der Waals surface area contributed by atoms with Crippen LogP contribution in [0.3, 0.4) is 0 Å². The number of carbonyl (C=O) groups is 2. The third-order valence-electron chi connectivity index (χ3n) is 8.71. The normalized spacial score (nSPS) is 22.1. The SMILES string of the molecule is N#Cc1ccc(CNC(=O)C2CCC(CN3CC4(CCN(Cc5c(F)cc(C#N)cc5F)CC4)OC3=O)CC2)cc1. The molecule has 1 spiro atoms. The monoisotopic (exact) mass is 561 g/mol. The number of likely N-dealkylation sites (tertiary alicyclic amines) is 1. The Balaban J connectivity index is 1.05. The molecule has 1 saturated carbocycles. The number of amides is 2. The van der Waals surface area contributed by atoms with Gasteiger partial charge in [0.1, 0.15) is 17.2 Å². The summed E-state index contributed by atoms with van der Waals surface area (Å²) in [6, 6.07) is 13.1. The maximum Gasteiger partial charge on any atom is 0.410 e. The summed E-state index contributed by atoms with van der Waals surface area (Å²) < 4.78 is 34.6. The number of carbonyl (C=O) groups excluding carboxylic acids is 2. The van der Waals surface area contributed by atoms with Crippen LogP contribution in [0.2, 0.25) is 0 Å². The first kappa shape index (κ1) is 28.5. The van der Waals surface area contributed by atoms with E-state index in [0.29, 0.717) is 57.0 Å². The van der Waals surface area contributed by atoms with Crippen LogP contribution in [-0.4, -0.2) is 53.6 Å². The number of hydrogen-bond donors (Lipinski definition) is 1. The van der Waals surface area contributed by atoms with Crippen molar-refractivity contribution in [1.82, 2.24) is 15.1 Å². The van der Waals surface area contributed by atoms with Gasteiger partial charge in [0.2, 0.25) is 5.91 Å². The van der Waals surface area contributed by atoms with E-state index < -0.39 is 17.2 Å².